The quantitative estimate of drug-likeness (QED) is 0.772. The third kappa shape index (κ3) is 2.57. The Hall–Kier alpha value is -2.35. The maximum Gasteiger partial charge on any atom is 0.267 e. The number of imidazole rings is 1. The van der Waals surface area contributed by atoms with E-state index in [1.165, 1.54) is 6.20 Å². The zero-order valence-electron chi connectivity index (χ0n) is 12.5. The molecular formula is C14H17N5O2S. The molecule has 0 fully saturated rings. The first-order valence-corrected chi connectivity index (χ1v) is 8.38. The number of sulfonamides is 1. The van der Waals surface area contributed by atoms with Crippen LogP contribution in [0.5, 0.6) is 0 Å². The molecular weight excluding hydrogens is 302 g/mol. The van der Waals surface area contributed by atoms with Crippen molar-refractivity contribution in [1.29, 1.82) is 0 Å². The number of benzene rings is 1. The Kier molecular flexibility index (Phi) is 3.40. The van der Waals surface area contributed by atoms with E-state index in [1.54, 1.807) is 11.6 Å². The number of para-hydroxylation sites is 2. The molecule has 0 aliphatic rings. The van der Waals surface area contributed by atoms with Gasteiger partial charge in [-0.25, -0.2) is 18.1 Å². The van der Waals surface area contributed by atoms with Crippen LogP contribution in [0.15, 0.2) is 35.4 Å². The predicted molar refractivity (Wildman–Crippen MR) is 84.3 cm³/mol. The van der Waals surface area contributed by atoms with E-state index < -0.39 is 10.0 Å². The molecule has 1 aromatic carbocycles. The number of H-pyrrole nitrogens is 1. The molecule has 0 aliphatic carbocycles. The molecule has 0 bridgehead atoms. The number of nitrogens with zero attached hydrogens (tertiary/aromatic N) is 3. The summed E-state index contributed by atoms with van der Waals surface area (Å²) < 4.78 is 29.1. The van der Waals surface area contributed by atoms with Gasteiger partial charge in [0.15, 0.2) is 0 Å². The lowest BCUT2D eigenvalue weighted by Crippen LogP contribution is -2.14. The second-order valence-corrected chi connectivity index (χ2v) is 7.01. The molecule has 0 atom stereocenters. The summed E-state index contributed by atoms with van der Waals surface area (Å²) >= 11 is 0. The highest BCUT2D eigenvalue weighted by atomic mass is 32.2. The Labute approximate surface area is 128 Å². The van der Waals surface area contributed by atoms with E-state index in [1.807, 2.05) is 38.1 Å². The van der Waals surface area contributed by atoms with Crippen molar-refractivity contribution in [3.8, 4) is 0 Å². The molecule has 0 amide bonds. The van der Waals surface area contributed by atoms with Crippen molar-refractivity contribution >= 4 is 27.0 Å². The Morgan fingerprint density at radius 2 is 2.00 bits per heavy atom. The van der Waals surface area contributed by atoms with Gasteiger partial charge in [-0.15, -0.1) is 0 Å². The Bertz CT molecular complexity index is 891. The second-order valence-electron chi connectivity index (χ2n) is 5.36. The van der Waals surface area contributed by atoms with Gasteiger partial charge in [0, 0.05) is 12.2 Å². The third-order valence-corrected chi connectivity index (χ3v) is 4.75. The number of aromatic nitrogens is 4. The van der Waals surface area contributed by atoms with Gasteiger partial charge in [0.25, 0.3) is 10.0 Å². The van der Waals surface area contributed by atoms with Crippen LogP contribution >= 0.6 is 0 Å². The first-order chi connectivity index (χ1) is 10.4. The van der Waals surface area contributed by atoms with Crippen LogP contribution in [0.2, 0.25) is 0 Å². The SMILES string of the molecule is Cc1nn(C(C)C)cc1S(=O)(=O)Nc1nc2ccccc2[nH]1. The van der Waals surface area contributed by atoms with Crippen LogP contribution in [0.3, 0.4) is 0 Å². The van der Waals surface area contributed by atoms with Crippen LogP contribution in [0.1, 0.15) is 25.6 Å². The fourth-order valence-electron chi connectivity index (χ4n) is 2.18. The largest absolute Gasteiger partial charge is 0.323 e. The van der Waals surface area contributed by atoms with Gasteiger partial charge in [0.1, 0.15) is 4.90 Å². The van der Waals surface area contributed by atoms with Crippen LogP contribution in [0.25, 0.3) is 11.0 Å². The minimum absolute atomic E-state index is 0.0915. The van der Waals surface area contributed by atoms with Crippen molar-refractivity contribution in [3.63, 3.8) is 0 Å². The zero-order valence-corrected chi connectivity index (χ0v) is 13.3. The van der Waals surface area contributed by atoms with Gasteiger partial charge >= 0.3 is 0 Å². The van der Waals surface area contributed by atoms with E-state index in [2.05, 4.69) is 19.8 Å². The van der Waals surface area contributed by atoms with E-state index in [0.29, 0.717) is 11.2 Å². The fraction of sp³-hybridized carbons (Fsp3) is 0.286. The molecule has 7 nitrogen and oxygen atoms in total. The minimum Gasteiger partial charge on any atom is -0.323 e. The van der Waals surface area contributed by atoms with Crippen molar-refractivity contribution in [2.24, 2.45) is 0 Å². The second kappa shape index (κ2) is 5.13. The van der Waals surface area contributed by atoms with E-state index in [4.69, 9.17) is 0 Å². The third-order valence-electron chi connectivity index (χ3n) is 3.31. The van der Waals surface area contributed by atoms with Crippen LogP contribution < -0.4 is 4.72 Å². The summed E-state index contributed by atoms with van der Waals surface area (Å²) in [5, 5.41) is 4.23. The van der Waals surface area contributed by atoms with Gasteiger partial charge in [-0.3, -0.25) is 4.68 Å². The number of hydrogen-bond donors (Lipinski definition) is 2. The minimum atomic E-state index is -3.73. The van der Waals surface area contributed by atoms with E-state index in [9.17, 15) is 8.42 Å². The number of anilines is 1. The van der Waals surface area contributed by atoms with E-state index >= 15 is 0 Å². The molecule has 116 valence electrons. The normalized spacial score (nSPS) is 12.2. The zero-order chi connectivity index (χ0) is 15.9. The van der Waals surface area contributed by atoms with Crippen molar-refractivity contribution < 1.29 is 8.42 Å². The molecule has 0 radical (unpaired) electrons. The van der Waals surface area contributed by atoms with Gasteiger partial charge in [-0.1, -0.05) is 12.1 Å². The first-order valence-electron chi connectivity index (χ1n) is 6.90. The van der Waals surface area contributed by atoms with Crippen LogP contribution in [-0.4, -0.2) is 28.2 Å². The molecule has 0 saturated heterocycles. The topological polar surface area (TPSA) is 92.7 Å². The Morgan fingerprint density at radius 1 is 1.27 bits per heavy atom. The molecule has 8 heteroatoms. The molecule has 2 aromatic heterocycles. The lowest BCUT2D eigenvalue weighted by molar-refractivity contribution is 0.528. The average Bonchev–Trinajstić information content (AvgIpc) is 3.01. The van der Waals surface area contributed by atoms with Crippen molar-refractivity contribution in [2.45, 2.75) is 31.7 Å². The summed E-state index contributed by atoms with van der Waals surface area (Å²) in [6, 6.07) is 7.44. The molecule has 0 unspecified atom stereocenters. The number of aromatic amines is 1. The molecule has 3 aromatic rings. The van der Waals surface area contributed by atoms with Gasteiger partial charge in [-0.05, 0) is 32.9 Å². The highest BCUT2D eigenvalue weighted by molar-refractivity contribution is 7.92. The molecule has 0 aliphatic heterocycles. The van der Waals surface area contributed by atoms with Crippen molar-refractivity contribution in [3.05, 3.63) is 36.2 Å². The molecule has 22 heavy (non-hydrogen) atoms. The monoisotopic (exact) mass is 319 g/mol. The van der Waals surface area contributed by atoms with Crippen LogP contribution in [0, 0.1) is 6.92 Å². The highest BCUT2D eigenvalue weighted by Gasteiger charge is 2.22. The summed E-state index contributed by atoms with van der Waals surface area (Å²) in [5.41, 5.74) is 1.93. The summed E-state index contributed by atoms with van der Waals surface area (Å²) in [7, 11) is -3.73. The maximum atomic E-state index is 12.5. The van der Waals surface area contributed by atoms with E-state index in [-0.39, 0.29) is 16.9 Å². The van der Waals surface area contributed by atoms with Crippen molar-refractivity contribution in [1.82, 2.24) is 19.7 Å². The Morgan fingerprint density at radius 3 is 2.64 bits per heavy atom. The number of fused-ring (bicyclic) bond motifs is 1. The predicted octanol–water partition coefficient (Wildman–Crippen LogP) is 2.45. The van der Waals surface area contributed by atoms with Crippen LogP contribution in [-0.2, 0) is 10.0 Å². The average molecular weight is 319 g/mol. The summed E-state index contributed by atoms with van der Waals surface area (Å²) in [6.45, 7) is 5.55. The van der Waals surface area contributed by atoms with Gasteiger partial charge in [0.05, 0.1) is 16.7 Å². The smallest absolute Gasteiger partial charge is 0.267 e. The standard InChI is InChI=1S/C14H17N5O2S/c1-9(2)19-8-13(10(3)17-19)22(20,21)18-14-15-11-6-4-5-7-12(11)16-14/h4-9H,1-3H3,(H2,15,16,18). The fourth-order valence-corrected chi connectivity index (χ4v) is 3.31. The van der Waals surface area contributed by atoms with Crippen LogP contribution in [0.4, 0.5) is 5.95 Å². The number of hydrogen-bond acceptors (Lipinski definition) is 4. The first kappa shape index (κ1) is 14.6. The number of rotatable bonds is 4. The lowest BCUT2D eigenvalue weighted by atomic mass is 10.3. The van der Waals surface area contributed by atoms with Gasteiger partial charge in [0.2, 0.25) is 5.95 Å². The summed E-state index contributed by atoms with van der Waals surface area (Å²) in [6.07, 6.45) is 1.53. The summed E-state index contributed by atoms with van der Waals surface area (Å²) in [4.78, 5) is 7.32. The Balaban J connectivity index is 1.96. The van der Waals surface area contributed by atoms with E-state index in [0.717, 1.165) is 5.52 Å². The molecule has 2 heterocycles. The highest BCUT2D eigenvalue weighted by Crippen LogP contribution is 2.20. The molecule has 3 rings (SSSR count). The number of aryl methyl sites for hydroxylation is 1. The van der Waals surface area contributed by atoms with Gasteiger partial charge in [-0.2, -0.15) is 5.10 Å². The molecule has 0 spiro atoms. The molecule has 0 saturated carbocycles. The molecule has 2 N–H and O–H groups in total. The number of nitrogens with one attached hydrogen (secondary N) is 2. The van der Waals surface area contributed by atoms with Gasteiger partial charge < -0.3 is 4.98 Å². The maximum absolute atomic E-state index is 12.5. The summed E-state index contributed by atoms with van der Waals surface area (Å²) in [5.74, 6) is 0.192. The lowest BCUT2D eigenvalue weighted by Gasteiger charge is -2.04. The van der Waals surface area contributed by atoms with Crippen molar-refractivity contribution in [2.75, 3.05) is 4.72 Å².